The molecule has 0 radical (unpaired) electrons. The van der Waals surface area contributed by atoms with Gasteiger partial charge in [0, 0.05) is 0 Å². The van der Waals surface area contributed by atoms with Gasteiger partial charge in [0.15, 0.2) is 0 Å². The number of benzene rings is 1. The number of halogens is 2. The fraction of sp³-hybridized carbons (Fsp3) is 0.417. The molecule has 0 fully saturated rings. The summed E-state index contributed by atoms with van der Waals surface area (Å²) in [5.74, 6) is -0.449. The van der Waals surface area contributed by atoms with Crippen LogP contribution in [0.15, 0.2) is 18.2 Å². The highest BCUT2D eigenvalue weighted by Gasteiger charge is 2.29. The second-order valence-corrected chi connectivity index (χ2v) is 4.64. The third-order valence-electron chi connectivity index (χ3n) is 2.58. The van der Waals surface area contributed by atoms with Crippen molar-refractivity contribution in [3.05, 3.63) is 34.6 Å². The Hall–Kier alpha value is -1.11. The van der Waals surface area contributed by atoms with Gasteiger partial charge in [0.25, 0.3) is 0 Å². The molecule has 1 unspecified atom stereocenters. The summed E-state index contributed by atoms with van der Waals surface area (Å²) in [5, 5.41) is 12.2. The summed E-state index contributed by atoms with van der Waals surface area (Å²) in [6.45, 7) is 3.65. The van der Waals surface area contributed by atoms with Gasteiger partial charge in [-0.1, -0.05) is 17.7 Å². The fourth-order valence-electron chi connectivity index (χ4n) is 1.70. The van der Waals surface area contributed by atoms with E-state index in [0.717, 1.165) is 5.56 Å². The molecule has 0 aliphatic rings. The smallest absolute Gasteiger partial charge is 0.141 e. The zero-order chi connectivity index (χ0) is 12.3. The predicted octanol–water partition coefficient (Wildman–Crippen LogP) is 3.29. The molecule has 0 aromatic heterocycles. The molecule has 1 aromatic rings. The van der Waals surface area contributed by atoms with E-state index in [-0.39, 0.29) is 11.1 Å². The van der Waals surface area contributed by atoms with Gasteiger partial charge in [-0.2, -0.15) is 5.26 Å². The van der Waals surface area contributed by atoms with Crippen LogP contribution in [0.2, 0.25) is 5.02 Å². The van der Waals surface area contributed by atoms with Crippen molar-refractivity contribution < 1.29 is 4.39 Å². The van der Waals surface area contributed by atoms with E-state index in [4.69, 9.17) is 16.9 Å². The lowest BCUT2D eigenvalue weighted by Crippen LogP contribution is -2.30. The number of hydrogen-bond donors (Lipinski definition) is 1. The van der Waals surface area contributed by atoms with Crippen LogP contribution in [0.4, 0.5) is 4.39 Å². The van der Waals surface area contributed by atoms with Gasteiger partial charge in [-0.15, -0.1) is 0 Å². The van der Waals surface area contributed by atoms with Crippen LogP contribution in [0.1, 0.15) is 25.5 Å². The average Bonchev–Trinajstić information content (AvgIpc) is 2.24. The molecule has 16 heavy (non-hydrogen) atoms. The maximum absolute atomic E-state index is 13.0. The van der Waals surface area contributed by atoms with Crippen molar-refractivity contribution in [1.82, 2.24) is 5.32 Å². The Labute approximate surface area is 100 Å². The van der Waals surface area contributed by atoms with E-state index < -0.39 is 11.2 Å². The molecule has 1 rings (SSSR count). The van der Waals surface area contributed by atoms with Crippen LogP contribution in [0, 0.1) is 22.6 Å². The van der Waals surface area contributed by atoms with Gasteiger partial charge in [-0.05, 0) is 38.6 Å². The summed E-state index contributed by atoms with van der Waals surface area (Å²) in [7, 11) is 1.76. The van der Waals surface area contributed by atoms with Crippen molar-refractivity contribution in [3.63, 3.8) is 0 Å². The minimum atomic E-state index is -0.587. The average molecular weight is 241 g/mol. The van der Waals surface area contributed by atoms with E-state index in [1.807, 2.05) is 13.8 Å². The number of nitrogens with zero attached hydrogens (tertiary/aromatic N) is 1. The topological polar surface area (TPSA) is 35.8 Å². The van der Waals surface area contributed by atoms with Gasteiger partial charge < -0.3 is 5.32 Å². The normalized spacial score (nSPS) is 13.2. The zero-order valence-corrected chi connectivity index (χ0v) is 10.3. The third kappa shape index (κ3) is 2.52. The highest BCUT2D eigenvalue weighted by atomic mass is 35.5. The molecule has 1 atom stereocenters. The van der Waals surface area contributed by atoms with Gasteiger partial charge in [0.05, 0.1) is 22.5 Å². The highest BCUT2D eigenvalue weighted by molar-refractivity contribution is 6.30. The number of rotatable bonds is 3. The first-order valence-corrected chi connectivity index (χ1v) is 5.33. The summed E-state index contributed by atoms with van der Waals surface area (Å²) in [6, 6.07) is 6.55. The Kier molecular flexibility index (Phi) is 3.90. The molecule has 1 aromatic carbocycles. The van der Waals surface area contributed by atoms with Gasteiger partial charge in [0.2, 0.25) is 0 Å². The lowest BCUT2D eigenvalue weighted by molar-refractivity contribution is 0.344. The van der Waals surface area contributed by atoms with Crippen LogP contribution in [0.5, 0.6) is 0 Å². The van der Waals surface area contributed by atoms with Crippen molar-refractivity contribution >= 4 is 11.6 Å². The molecular weight excluding hydrogens is 227 g/mol. The van der Waals surface area contributed by atoms with E-state index in [1.165, 1.54) is 6.07 Å². The summed E-state index contributed by atoms with van der Waals surface area (Å²) in [5.41, 5.74) is 0.219. The molecule has 4 heteroatoms. The molecule has 86 valence electrons. The van der Waals surface area contributed by atoms with E-state index in [0.29, 0.717) is 0 Å². The van der Waals surface area contributed by atoms with Crippen LogP contribution in [-0.4, -0.2) is 7.05 Å². The standard InChI is InChI=1S/C12H14ClFN2/c1-12(2,7-15)11(16-3)8-4-5-10(14)9(13)6-8/h4-6,11,16H,1-3H3. The maximum atomic E-state index is 13.0. The molecule has 0 heterocycles. The van der Waals surface area contributed by atoms with E-state index in [2.05, 4.69) is 11.4 Å². The summed E-state index contributed by atoms with van der Waals surface area (Å²) in [6.07, 6.45) is 0. The maximum Gasteiger partial charge on any atom is 0.141 e. The fourth-order valence-corrected chi connectivity index (χ4v) is 1.89. The van der Waals surface area contributed by atoms with Crippen LogP contribution in [0.25, 0.3) is 0 Å². The van der Waals surface area contributed by atoms with Gasteiger partial charge >= 0.3 is 0 Å². The van der Waals surface area contributed by atoms with E-state index in [1.54, 1.807) is 19.2 Å². The van der Waals surface area contributed by atoms with Crippen molar-refractivity contribution in [2.45, 2.75) is 19.9 Å². The van der Waals surface area contributed by atoms with Crippen LogP contribution in [0.3, 0.4) is 0 Å². The Morgan fingerprint density at radius 3 is 2.56 bits per heavy atom. The predicted molar refractivity (Wildman–Crippen MR) is 62.6 cm³/mol. The quantitative estimate of drug-likeness (QED) is 0.880. The molecule has 2 nitrogen and oxygen atoms in total. The lowest BCUT2D eigenvalue weighted by Gasteiger charge is -2.28. The van der Waals surface area contributed by atoms with Gasteiger partial charge in [-0.25, -0.2) is 4.39 Å². The van der Waals surface area contributed by atoms with Crippen LogP contribution in [-0.2, 0) is 0 Å². The summed E-state index contributed by atoms with van der Waals surface area (Å²) in [4.78, 5) is 0. The first-order chi connectivity index (χ1) is 7.42. The molecule has 0 amide bonds. The Bertz CT molecular complexity index is 424. The molecule has 0 bridgehead atoms. The second kappa shape index (κ2) is 4.82. The van der Waals surface area contributed by atoms with E-state index >= 15 is 0 Å². The van der Waals surface area contributed by atoms with Crippen LogP contribution >= 0.6 is 11.6 Å². The first kappa shape index (κ1) is 13.0. The number of nitriles is 1. The minimum absolute atomic E-state index is 0.0755. The first-order valence-electron chi connectivity index (χ1n) is 4.96. The lowest BCUT2D eigenvalue weighted by atomic mass is 9.82. The highest BCUT2D eigenvalue weighted by Crippen LogP contribution is 2.33. The van der Waals surface area contributed by atoms with Crippen molar-refractivity contribution in [1.29, 1.82) is 5.26 Å². The van der Waals surface area contributed by atoms with Gasteiger partial charge in [0.1, 0.15) is 5.82 Å². The van der Waals surface area contributed by atoms with E-state index in [9.17, 15) is 4.39 Å². The molecule has 1 N–H and O–H groups in total. The molecule has 0 saturated heterocycles. The third-order valence-corrected chi connectivity index (χ3v) is 2.87. The Morgan fingerprint density at radius 2 is 2.12 bits per heavy atom. The van der Waals surface area contributed by atoms with Crippen molar-refractivity contribution in [2.24, 2.45) is 5.41 Å². The Balaban J connectivity index is 3.15. The second-order valence-electron chi connectivity index (χ2n) is 4.23. The molecule has 0 saturated carbocycles. The van der Waals surface area contributed by atoms with Gasteiger partial charge in [-0.3, -0.25) is 0 Å². The summed E-state index contributed by atoms with van der Waals surface area (Å²) >= 11 is 5.72. The molecular formula is C12H14ClFN2. The van der Waals surface area contributed by atoms with Crippen LogP contribution < -0.4 is 5.32 Å². The monoisotopic (exact) mass is 240 g/mol. The Morgan fingerprint density at radius 1 is 1.50 bits per heavy atom. The summed E-state index contributed by atoms with van der Waals surface area (Å²) < 4.78 is 13.0. The van der Waals surface area contributed by atoms with Crippen molar-refractivity contribution in [3.8, 4) is 6.07 Å². The largest absolute Gasteiger partial charge is 0.312 e. The zero-order valence-electron chi connectivity index (χ0n) is 9.51. The molecule has 0 spiro atoms. The number of nitrogens with one attached hydrogen (secondary N) is 1. The minimum Gasteiger partial charge on any atom is -0.312 e. The number of hydrogen-bond acceptors (Lipinski definition) is 2. The SMILES string of the molecule is CNC(c1ccc(F)c(Cl)c1)C(C)(C)C#N. The molecule has 0 aliphatic heterocycles. The molecule has 0 aliphatic carbocycles. The van der Waals surface area contributed by atoms with Crippen molar-refractivity contribution in [2.75, 3.05) is 7.05 Å².